The van der Waals surface area contributed by atoms with Crippen LogP contribution in [0.1, 0.15) is 116 Å². The summed E-state index contributed by atoms with van der Waals surface area (Å²) in [5.74, 6) is 5.75. The molecule has 6 aliphatic rings. The van der Waals surface area contributed by atoms with E-state index in [0.29, 0.717) is 38.0 Å². The number of nitrogens with one attached hydrogen (secondary N) is 2. The fourth-order valence-electron chi connectivity index (χ4n) is 12.1. The zero-order valence-corrected chi connectivity index (χ0v) is 30.7. The van der Waals surface area contributed by atoms with E-state index in [-0.39, 0.29) is 50.2 Å². The van der Waals surface area contributed by atoms with Gasteiger partial charge in [0.05, 0.1) is 35.1 Å². The molecule has 9 nitrogen and oxygen atoms in total. The molecule has 3 aliphatic heterocycles. The number of rotatable bonds is 11. The van der Waals surface area contributed by atoms with Crippen molar-refractivity contribution in [3.05, 3.63) is 47.5 Å². The number of hydrogen-bond acceptors (Lipinski definition) is 9. The second-order valence-electron chi connectivity index (χ2n) is 17.4. The number of fused-ring (bicyclic) bond motifs is 3. The van der Waals surface area contributed by atoms with Crippen LogP contribution in [0.2, 0.25) is 0 Å². The van der Waals surface area contributed by atoms with Crippen LogP contribution in [0.15, 0.2) is 42.0 Å². The van der Waals surface area contributed by atoms with Crippen molar-refractivity contribution in [3.8, 4) is 11.8 Å². The molecule has 9 heteroatoms. The number of aryl methyl sites for hydroxylation is 1. The lowest BCUT2D eigenvalue weighted by atomic mass is 9.34. The van der Waals surface area contributed by atoms with Crippen LogP contribution in [-0.4, -0.2) is 63.4 Å². The van der Waals surface area contributed by atoms with E-state index in [2.05, 4.69) is 60.8 Å². The van der Waals surface area contributed by atoms with Crippen molar-refractivity contribution in [1.82, 2.24) is 10.9 Å². The van der Waals surface area contributed by atoms with Crippen molar-refractivity contribution in [2.45, 2.75) is 147 Å². The Balaban J connectivity index is 1.33. The smallest absolute Gasteiger partial charge is 0.331 e. The van der Waals surface area contributed by atoms with Gasteiger partial charge in [0.25, 0.3) is 0 Å². The molecule has 1 saturated heterocycles. The lowest BCUT2D eigenvalue weighted by Crippen LogP contribution is -2.84. The second kappa shape index (κ2) is 13.9. The summed E-state index contributed by atoms with van der Waals surface area (Å²) in [5.41, 5.74) is 3.01. The number of hydrogen-bond donors (Lipinski definition) is 5. The molecule has 0 aromatic heterocycles. The molecule has 4 fully saturated rings. The third kappa shape index (κ3) is 6.07. The molecule has 0 amide bonds. The highest BCUT2D eigenvalue weighted by molar-refractivity contribution is 5.85. The molecule has 51 heavy (non-hydrogen) atoms. The summed E-state index contributed by atoms with van der Waals surface area (Å²) in [4.78, 5) is 25.8. The summed E-state index contributed by atoms with van der Waals surface area (Å²) in [7, 11) is 0. The van der Waals surface area contributed by atoms with Gasteiger partial charge >= 0.3 is 11.9 Å². The van der Waals surface area contributed by atoms with Gasteiger partial charge in [-0.2, -0.15) is 0 Å². The number of esters is 2. The Morgan fingerprint density at radius 1 is 1.06 bits per heavy atom. The predicted molar refractivity (Wildman–Crippen MR) is 192 cm³/mol. The Labute approximate surface area is 303 Å². The lowest BCUT2D eigenvalue weighted by molar-refractivity contribution is -0.362. The highest BCUT2D eigenvalue weighted by atomic mass is 16.6. The molecule has 7 rings (SSSR count). The van der Waals surface area contributed by atoms with Crippen LogP contribution in [-0.2, 0) is 25.5 Å². The molecule has 11 atom stereocenters. The second-order valence-corrected chi connectivity index (χ2v) is 17.4. The number of aliphatic hydroxyl groups is 3. The summed E-state index contributed by atoms with van der Waals surface area (Å²) in [6.07, 6.45) is 8.54. The first-order chi connectivity index (χ1) is 24.4. The van der Waals surface area contributed by atoms with Gasteiger partial charge in [-0.25, -0.2) is 10.2 Å². The number of aliphatic hydroxyl groups excluding tert-OH is 2. The summed E-state index contributed by atoms with van der Waals surface area (Å²) >= 11 is 0. The van der Waals surface area contributed by atoms with E-state index in [1.807, 2.05) is 13.0 Å². The largest absolute Gasteiger partial charge is 0.458 e. The van der Waals surface area contributed by atoms with E-state index < -0.39 is 51.7 Å². The SMILES string of the molecule is C[C@H](CCCc1ccccc1)CC[C@H](O)[C@@]12[C@@H](O)CC[C@@]3(C)[C@@H]4CCC[C@@H]4NN[C@@]4(C[C@](C)(C#CCCC(=O)O4)[C@]1(O)CCC1=CC(=O)OC1)[C@@H]32. The van der Waals surface area contributed by atoms with E-state index in [0.717, 1.165) is 44.1 Å². The average molecular weight is 703 g/mol. The van der Waals surface area contributed by atoms with Crippen molar-refractivity contribution in [3.63, 3.8) is 0 Å². The van der Waals surface area contributed by atoms with Gasteiger partial charge in [-0.3, -0.25) is 10.2 Å². The zero-order chi connectivity index (χ0) is 36.1. The number of ether oxygens (including phenoxy) is 2. The monoisotopic (exact) mass is 702 g/mol. The zero-order valence-electron chi connectivity index (χ0n) is 30.7. The van der Waals surface area contributed by atoms with Gasteiger partial charge < -0.3 is 24.8 Å². The van der Waals surface area contributed by atoms with Crippen molar-refractivity contribution in [2.24, 2.45) is 34.0 Å². The highest BCUT2D eigenvalue weighted by Gasteiger charge is 2.82. The van der Waals surface area contributed by atoms with Gasteiger partial charge in [0, 0.05) is 30.9 Å². The Kier molecular flexibility index (Phi) is 9.99. The summed E-state index contributed by atoms with van der Waals surface area (Å²) in [5, 5.41) is 39.7. The number of carbonyl (C=O) groups excluding carboxylic acids is 2. The maximum absolute atomic E-state index is 13.9. The Morgan fingerprint density at radius 2 is 1.86 bits per heavy atom. The molecule has 0 unspecified atom stereocenters. The van der Waals surface area contributed by atoms with Gasteiger partial charge in [-0.1, -0.05) is 62.9 Å². The number of carbonyl (C=O) groups is 2. The van der Waals surface area contributed by atoms with Gasteiger partial charge in [-0.15, -0.1) is 5.92 Å². The average Bonchev–Trinajstić information content (AvgIpc) is 3.75. The molecular formula is C42H58N2O7. The first-order valence-corrected chi connectivity index (χ1v) is 19.6. The number of benzene rings is 1. The topological polar surface area (TPSA) is 137 Å². The number of hydrazine groups is 1. The molecule has 278 valence electrons. The van der Waals surface area contributed by atoms with Crippen LogP contribution >= 0.6 is 0 Å². The van der Waals surface area contributed by atoms with E-state index in [4.69, 9.17) is 9.47 Å². The highest BCUT2D eigenvalue weighted by Crippen LogP contribution is 2.74. The summed E-state index contributed by atoms with van der Waals surface area (Å²) in [6.45, 7) is 6.57. The first-order valence-electron chi connectivity index (χ1n) is 19.6. The van der Waals surface area contributed by atoms with Crippen molar-refractivity contribution < 1.29 is 34.4 Å². The Bertz CT molecular complexity index is 1570. The summed E-state index contributed by atoms with van der Waals surface area (Å²) in [6, 6.07) is 10.6. The van der Waals surface area contributed by atoms with E-state index in [1.54, 1.807) is 0 Å². The predicted octanol–water partition coefficient (Wildman–Crippen LogP) is 5.27. The van der Waals surface area contributed by atoms with Gasteiger partial charge in [0.1, 0.15) is 6.61 Å². The third-order valence-corrected chi connectivity index (χ3v) is 14.3. The van der Waals surface area contributed by atoms with E-state index in [1.165, 1.54) is 11.6 Å². The van der Waals surface area contributed by atoms with E-state index >= 15 is 0 Å². The van der Waals surface area contributed by atoms with E-state index in [9.17, 15) is 24.9 Å². The van der Waals surface area contributed by atoms with Crippen LogP contribution in [0, 0.1) is 45.8 Å². The van der Waals surface area contributed by atoms with Crippen LogP contribution in [0.5, 0.6) is 0 Å². The molecule has 3 aliphatic carbocycles. The standard InChI is InChI=1S/C42H58N2O7/c1-28(11-9-14-29-12-5-4-6-13-29)18-19-33(45)42-34(46)21-23-39(3)31-15-10-16-32(31)43-44-40(37(39)42)27-38(2,22-8-7-17-35(47)51-40)41(42,49)24-20-30-25-36(48)50-26-30/h4-6,12-13,25,28,31-34,37,43-46,49H,7,9-11,14-21,23-24,26-27H2,1-3H3/t28-,31-,32+,33+,34+,37-,38+,39+,40-,41-,42+/m1/s1. The van der Waals surface area contributed by atoms with Crippen molar-refractivity contribution in [1.29, 1.82) is 0 Å². The maximum Gasteiger partial charge on any atom is 0.331 e. The minimum Gasteiger partial charge on any atom is -0.458 e. The minimum atomic E-state index is -1.72. The minimum absolute atomic E-state index is 0.117. The molecule has 2 bridgehead atoms. The maximum atomic E-state index is 13.9. The Hall–Kier alpha value is -2.74. The quantitative estimate of drug-likeness (QED) is 0.154. The molecule has 5 N–H and O–H groups in total. The summed E-state index contributed by atoms with van der Waals surface area (Å²) < 4.78 is 11.9. The van der Waals surface area contributed by atoms with Crippen LogP contribution in [0.4, 0.5) is 0 Å². The number of cyclic esters (lactones) is 1. The fraction of sp³-hybridized carbons (Fsp3) is 0.714. The van der Waals surface area contributed by atoms with Crippen LogP contribution in [0.3, 0.4) is 0 Å². The Morgan fingerprint density at radius 3 is 2.63 bits per heavy atom. The van der Waals surface area contributed by atoms with Crippen molar-refractivity contribution in [2.75, 3.05) is 6.61 Å². The lowest BCUT2D eigenvalue weighted by Gasteiger charge is -2.73. The molecule has 3 saturated carbocycles. The van der Waals surface area contributed by atoms with Gasteiger partial charge in [0.15, 0.2) is 5.72 Å². The third-order valence-electron chi connectivity index (χ3n) is 14.3. The molecule has 0 radical (unpaired) electrons. The molecule has 1 aromatic rings. The molecule has 1 spiro atoms. The molecular weight excluding hydrogens is 644 g/mol. The van der Waals surface area contributed by atoms with Gasteiger partial charge in [-0.05, 0) is 99.5 Å². The first kappa shape index (κ1) is 36.6. The van der Waals surface area contributed by atoms with Crippen LogP contribution < -0.4 is 10.9 Å². The molecule has 3 heterocycles. The normalized spacial score (nSPS) is 41.2. The van der Waals surface area contributed by atoms with Gasteiger partial charge in [0.2, 0.25) is 0 Å². The molecule has 1 aromatic carbocycles. The fourth-order valence-corrected chi connectivity index (χ4v) is 12.1. The van der Waals surface area contributed by atoms with Crippen molar-refractivity contribution >= 4 is 11.9 Å². The van der Waals surface area contributed by atoms with Crippen LogP contribution in [0.25, 0.3) is 0 Å².